The van der Waals surface area contributed by atoms with Gasteiger partial charge in [0.15, 0.2) is 5.69 Å². The van der Waals surface area contributed by atoms with Gasteiger partial charge in [0.25, 0.3) is 17.4 Å². The molecule has 0 aliphatic carbocycles. The van der Waals surface area contributed by atoms with Gasteiger partial charge >= 0.3 is 0 Å². The van der Waals surface area contributed by atoms with E-state index < -0.39 is 0 Å². The Hall–Kier alpha value is -3.81. The van der Waals surface area contributed by atoms with E-state index >= 15 is 0 Å². The maximum absolute atomic E-state index is 13.1. The molecule has 1 aliphatic rings. The van der Waals surface area contributed by atoms with Crippen LogP contribution in [0.2, 0.25) is 0 Å². The van der Waals surface area contributed by atoms with Crippen molar-refractivity contribution < 1.29 is 9.21 Å². The molecule has 5 rings (SSSR count). The molecule has 1 fully saturated rings. The van der Waals surface area contributed by atoms with Gasteiger partial charge in [0.05, 0.1) is 11.3 Å². The molecule has 1 amide bonds. The number of piperidine rings is 1. The summed E-state index contributed by atoms with van der Waals surface area (Å²) in [4.78, 5) is 27.4. The Kier molecular flexibility index (Phi) is 5.28. The lowest BCUT2D eigenvalue weighted by Crippen LogP contribution is -2.39. The summed E-state index contributed by atoms with van der Waals surface area (Å²) < 4.78 is 7.33. The fourth-order valence-electron chi connectivity index (χ4n) is 4.60. The zero-order valence-electron chi connectivity index (χ0n) is 18.9. The van der Waals surface area contributed by atoms with Crippen LogP contribution in [0.25, 0.3) is 22.4 Å². The second kappa shape index (κ2) is 8.27. The van der Waals surface area contributed by atoms with Crippen molar-refractivity contribution >= 4 is 16.7 Å². The Bertz CT molecular complexity index is 1400. The summed E-state index contributed by atoms with van der Waals surface area (Å²) in [5.74, 6) is 0.739. The lowest BCUT2D eigenvalue weighted by Gasteiger charge is -2.31. The van der Waals surface area contributed by atoms with E-state index in [1.807, 2.05) is 49.1 Å². The number of benzene rings is 2. The molecule has 4 aromatic rings. The number of hydrogen-bond donors (Lipinski definition) is 0. The van der Waals surface area contributed by atoms with Crippen LogP contribution in [0.15, 0.2) is 51.7 Å². The molecular formula is C25H25N5O3. The quantitative estimate of drug-likeness (QED) is 0.480. The Balaban J connectivity index is 1.43. The lowest BCUT2D eigenvalue weighted by atomic mass is 9.97. The molecule has 0 N–H and O–H groups in total. The summed E-state index contributed by atoms with van der Waals surface area (Å²) in [6.07, 6.45) is 1.72. The molecule has 0 saturated carbocycles. The van der Waals surface area contributed by atoms with Crippen LogP contribution in [-0.2, 0) is 7.05 Å². The molecule has 1 atom stereocenters. The van der Waals surface area contributed by atoms with Gasteiger partial charge in [0.1, 0.15) is 0 Å². The minimum atomic E-state index is -0.179. The Morgan fingerprint density at radius 2 is 1.79 bits per heavy atom. The molecule has 1 unspecified atom stereocenters. The van der Waals surface area contributed by atoms with E-state index in [2.05, 4.69) is 21.4 Å². The molecule has 0 spiro atoms. The molecule has 168 valence electrons. The third-order valence-electron chi connectivity index (χ3n) is 6.13. The highest BCUT2D eigenvalue weighted by Crippen LogP contribution is 2.30. The van der Waals surface area contributed by atoms with Gasteiger partial charge in [-0.25, -0.2) is 4.68 Å². The SMILES string of the molecule is Cc1cc(C)cc(C(=O)N2CCCC(c3nnc(-c4nn(C)c(=O)c5ccccc45)o3)C2)c1. The smallest absolute Gasteiger partial charge is 0.274 e. The Morgan fingerprint density at radius 1 is 1.06 bits per heavy atom. The molecule has 0 radical (unpaired) electrons. The largest absolute Gasteiger partial charge is 0.419 e. The highest BCUT2D eigenvalue weighted by Gasteiger charge is 2.29. The molecule has 0 bridgehead atoms. The third-order valence-corrected chi connectivity index (χ3v) is 6.13. The van der Waals surface area contributed by atoms with Crippen molar-refractivity contribution in [3.8, 4) is 11.6 Å². The first-order valence-electron chi connectivity index (χ1n) is 11.1. The molecule has 8 nitrogen and oxygen atoms in total. The number of likely N-dealkylation sites (tertiary alicyclic amines) is 1. The number of aromatic nitrogens is 4. The summed E-state index contributed by atoms with van der Waals surface area (Å²) >= 11 is 0. The van der Waals surface area contributed by atoms with Gasteiger partial charge in [0.2, 0.25) is 5.89 Å². The van der Waals surface area contributed by atoms with Crippen molar-refractivity contribution in [2.75, 3.05) is 13.1 Å². The zero-order chi connectivity index (χ0) is 23.1. The van der Waals surface area contributed by atoms with Crippen LogP contribution in [0.5, 0.6) is 0 Å². The van der Waals surface area contributed by atoms with Crippen LogP contribution in [0.1, 0.15) is 46.1 Å². The van der Waals surface area contributed by atoms with E-state index in [0.717, 1.165) is 24.0 Å². The second-order valence-electron chi connectivity index (χ2n) is 8.74. The van der Waals surface area contributed by atoms with Gasteiger partial charge in [-0.05, 0) is 44.9 Å². The van der Waals surface area contributed by atoms with Crippen molar-refractivity contribution in [3.05, 3.63) is 75.4 Å². The van der Waals surface area contributed by atoms with Gasteiger partial charge in [-0.15, -0.1) is 10.2 Å². The number of amides is 1. The number of carbonyl (C=O) groups is 1. The summed E-state index contributed by atoms with van der Waals surface area (Å²) in [6.45, 7) is 5.23. The minimum Gasteiger partial charge on any atom is -0.419 e. The number of fused-ring (bicyclic) bond motifs is 1. The van der Waals surface area contributed by atoms with Crippen LogP contribution in [0.4, 0.5) is 0 Å². The van der Waals surface area contributed by atoms with Crippen LogP contribution < -0.4 is 5.56 Å². The van der Waals surface area contributed by atoms with Gasteiger partial charge < -0.3 is 9.32 Å². The maximum atomic E-state index is 13.1. The van der Waals surface area contributed by atoms with Crippen molar-refractivity contribution in [1.29, 1.82) is 0 Å². The van der Waals surface area contributed by atoms with Crippen LogP contribution >= 0.6 is 0 Å². The lowest BCUT2D eigenvalue weighted by molar-refractivity contribution is 0.0698. The standard InChI is InChI=1S/C25H25N5O3/c1-15-11-16(2)13-18(12-15)24(31)30-10-6-7-17(14-30)22-26-27-23(33-22)21-19-8-4-5-9-20(19)25(32)29(3)28-21/h4-5,8-9,11-13,17H,6-7,10,14H2,1-3H3. The zero-order valence-corrected chi connectivity index (χ0v) is 18.9. The van der Waals surface area contributed by atoms with Crippen LogP contribution in [-0.4, -0.2) is 43.9 Å². The summed E-state index contributed by atoms with van der Waals surface area (Å²) in [7, 11) is 1.60. The highest BCUT2D eigenvalue weighted by molar-refractivity contribution is 5.95. The minimum absolute atomic E-state index is 0.0250. The molecule has 1 saturated heterocycles. The van der Waals surface area contributed by atoms with Crippen molar-refractivity contribution in [2.24, 2.45) is 7.05 Å². The topological polar surface area (TPSA) is 94.1 Å². The van der Waals surface area contributed by atoms with E-state index in [4.69, 9.17) is 4.42 Å². The summed E-state index contributed by atoms with van der Waals surface area (Å²) in [5.41, 5.74) is 3.16. The Labute approximate surface area is 190 Å². The van der Waals surface area contributed by atoms with E-state index in [9.17, 15) is 9.59 Å². The van der Waals surface area contributed by atoms with Gasteiger partial charge in [0, 0.05) is 31.1 Å². The molecule has 2 aromatic heterocycles. The molecule has 33 heavy (non-hydrogen) atoms. The second-order valence-corrected chi connectivity index (χ2v) is 8.74. The molecule has 1 aliphatic heterocycles. The van der Waals surface area contributed by atoms with Crippen molar-refractivity contribution in [1.82, 2.24) is 24.9 Å². The molecule has 8 heteroatoms. The highest BCUT2D eigenvalue weighted by atomic mass is 16.4. The van der Waals surface area contributed by atoms with Crippen molar-refractivity contribution in [2.45, 2.75) is 32.6 Å². The van der Waals surface area contributed by atoms with Gasteiger partial charge in [-0.3, -0.25) is 9.59 Å². The number of rotatable bonds is 3. The van der Waals surface area contributed by atoms with Crippen LogP contribution in [0.3, 0.4) is 0 Å². The first-order chi connectivity index (χ1) is 15.9. The number of nitrogens with zero attached hydrogens (tertiary/aromatic N) is 5. The first kappa shape index (κ1) is 21.1. The predicted octanol–water partition coefficient (Wildman–Crippen LogP) is 3.62. The van der Waals surface area contributed by atoms with Crippen molar-refractivity contribution in [3.63, 3.8) is 0 Å². The van der Waals surface area contributed by atoms with Crippen LogP contribution in [0, 0.1) is 13.8 Å². The van der Waals surface area contributed by atoms with Gasteiger partial charge in [-0.2, -0.15) is 5.10 Å². The Morgan fingerprint density at radius 3 is 2.55 bits per heavy atom. The number of aryl methyl sites for hydroxylation is 3. The number of carbonyl (C=O) groups excluding carboxylic acids is 1. The monoisotopic (exact) mass is 443 g/mol. The predicted molar refractivity (Wildman–Crippen MR) is 124 cm³/mol. The van der Waals surface area contributed by atoms with E-state index in [-0.39, 0.29) is 23.3 Å². The third kappa shape index (κ3) is 3.92. The van der Waals surface area contributed by atoms with E-state index in [1.54, 1.807) is 13.1 Å². The molecule has 2 aromatic carbocycles. The summed E-state index contributed by atoms with van der Waals surface area (Å²) in [5, 5.41) is 14.1. The average molecular weight is 444 g/mol. The normalized spacial score (nSPS) is 16.3. The van der Waals surface area contributed by atoms with E-state index in [1.165, 1.54) is 4.68 Å². The fraction of sp³-hybridized carbons (Fsp3) is 0.320. The summed E-state index contributed by atoms with van der Waals surface area (Å²) in [6, 6.07) is 13.2. The average Bonchev–Trinajstić information content (AvgIpc) is 3.30. The van der Waals surface area contributed by atoms with E-state index in [0.29, 0.717) is 41.0 Å². The first-order valence-corrected chi connectivity index (χ1v) is 11.1. The number of hydrogen-bond acceptors (Lipinski definition) is 6. The van der Waals surface area contributed by atoms with Gasteiger partial charge in [-0.1, -0.05) is 35.4 Å². The molecule has 3 heterocycles. The maximum Gasteiger partial charge on any atom is 0.274 e. The fourth-order valence-corrected chi connectivity index (χ4v) is 4.60. The molecular weight excluding hydrogens is 418 g/mol.